The van der Waals surface area contributed by atoms with Crippen LogP contribution in [0.1, 0.15) is 17.5 Å². The Labute approximate surface area is 125 Å². The first kappa shape index (κ1) is 17.8. The third kappa shape index (κ3) is 6.39. The maximum Gasteiger partial charge on any atom is 0.416 e. The molecule has 0 bridgehead atoms. The summed E-state index contributed by atoms with van der Waals surface area (Å²) in [4.78, 5) is 11.8. The Kier molecular flexibility index (Phi) is 7.04. The van der Waals surface area contributed by atoms with E-state index in [1.807, 2.05) is 6.26 Å². The average Bonchev–Trinajstić information content (AvgIpc) is 2.38. The van der Waals surface area contributed by atoms with Crippen LogP contribution in [-0.4, -0.2) is 35.7 Å². The Balaban J connectivity index is 2.58. The molecule has 0 spiro atoms. The van der Waals surface area contributed by atoms with Crippen LogP contribution in [0.5, 0.6) is 0 Å². The second kappa shape index (κ2) is 8.29. The van der Waals surface area contributed by atoms with Crippen LogP contribution in [0.2, 0.25) is 0 Å². The largest absolute Gasteiger partial charge is 0.416 e. The SMILES string of the molecule is CSCC(CCO)NC(=O)Cc1ccc(C(F)(F)F)cc1. The van der Waals surface area contributed by atoms with Gasteiger partial charge in [-0.3, -0.25) is 4.79 Å². The van der Waals surface area contributed by atoms with Gasteiger partial charge in [0.15, 0.2) is 0 Å². The minimum Gasteiger partial charge on any atom is -0.396 e. The Hall–Kier alpha value is -1.21. The summed E-state index contributed by atoms with van der Waals surface area (Å²) in [5, 5.41) is 11.7. The molecule has 0 aliphatic heterocycles. The maximum absolute atomic E-state index is 12.4. The summed E-state index contributed by atoms with van der Waals surface area (Å²) < 4.78 is 37.3. The number of hydrogen-bond donors (Lipinski definition) is 2. The maximum atomic E-state index is 12.4. The predicted octanol–water partition coefficient (Wildman–Crippen LogP) is 2.48. The van der Waals surface area contributed by atoms with Crippen molar-refractivity contribution in [3.05, 3.63) is 35.4 Å². The molecule has 0 radical (unpaired) electrons. The van der Waals surface area contributed by atoms with Gasteiger partial charge in [-0.1, -0.05) is 12.1 Å². The molecule has 118 valence electrons. The van der Waals surface area contributed by atoms with Crippen molar-refractivity contribution >= 4 is 17.7 Å². The van der Waals surface area contributed by atoms with Crippen molar-refractivity contribution in [3.63, 3.8) is 0 Å². The first-order valence-corrected chi connectivity index (χ1v) is 7.81. The number of aliphatic hydroxyl groups excluding tert-OH is 1. The van der Waals surface area contributed by atoms with Crippen LogP contribution < -0.4 is 5.32 Å². The minimum atomic E-state index is -4.37. The van der Waals surface area contributed by atoms with E-state index in [2.05, 4.69) is 5.32 Å². The highest BCUT2D eigenvalue weighted by Crippen LogP contribution is 2.29. The number of benzene rings is 1. The lowest BCUT2D eigenvalue weighted by Gasteiger charge is -2.16. The molecule has 0 aliphatic rings. The fourth-order valence-electron chi connectivity index (χ4n) is 1.83. The molecule has 0 saturated heterocycles. The van der Waals surface area contributed by atoms with Crippen molar-refractivity contribution in [2.45, 2.75) is 25.1 Å². The fraction of sp³-hybridized carbons (Fsp3) is 0.500. The van der Waals surface area contributed by atoms with Gasteiger partial charge < -0.3 is 10.4 Å². The van der Waals surface area contributed by atoms with Crippen LogP contribution in [-0.2, 0) is 17.4 Å². The second-order valence-corrected chi connectivity index (χ2v) is 5.51. The van der Waals surface area contributed by atoms with Crippen molar-refractivity contribution in [1.82, 2.24) is 5.32 Å². The van der Waals surface area contributed by atoms with E-state index < -0.39 is 11.7 Å². The summed E-state index contributed by atoms with van der Waals surface area (Å²) >= 11 is 1.55. The van der Waals surface area contributed by atoms with E-state index in [9.17, 15) is 18.0 Å². The van der Waals surface area contributed by atoms with Crippen molar-refractivity contribution in [3.8, 4) is 0 Å². The van der Waals surface area contributed by atoms with Gasteiger partial charge in [0.1, 0.15) is 0 Å². The number of thioether (sulfide) groups is 1. The van der Waals surface area contributed by atoms with Crippen molar-refractivity contribution < 1.29 is 23.1 Å². The molecule has 1 aromatic rings. The molecule has 3 nitrogen and oxygen atoms in total. The zero-order valence-corrected chi connectivity index (χ0v) is 12.4. The van der Waals surface area contributed by atoms with Gasteiger partial charge in [-0.05, 0) is 30.4 Å². The quantitative estimate of drug-likeness (QED) is 0.811. The lowest BCUT2D eigenvalue weighted by Crippen LogP contribution is -2.38. The highest BCUT2D eigenvalue weighted by atomic mass is 32.2. The number of rotatable bonds is 7. The molecule has 0 heterocycles. The van der Waals surface area contributed by atoms with Gasteiger partial charge in [0.25, 0.3) is 0 Å². The minimum absolute atomic E-state index is 0.0220. The third-order valence-corrected chi connectivity index (χ3v) is 3.59. The van der Waals surface area contributed by atoms with E-state index in [4.69, 9.17) is 5.11 Å². The van der Waals surface area contributed by atoms with Crippen LogP contribution in [0.4, 0.5) is 13.2 Å². The van der Waals surface area contributed by atoms with E-state index >= 15 is 0 Å². The predicted molar refractivity (Wildman–Crippen MR) is 77.2 cm³/mol. The normalized spacial score (nSPS) is 13.0. The van der Waals surface area contributed by atoms with E-state index in [0.717, 1.165) is 12.1 Å². The highest BCUT2D eigenvalue weighted by molar-refractivity contribution is 7.98. The van der Waals surface area contributed by atoms with Crippen LogP contribution in [0.15, 0.2) is 24.3 Å². The topological polar surface area (TPSA) is 49.3 Å². The second-order valence-electron chi connectivity index (χ2n) is 4.60. The summed E-state index contributed by atoms with van der Waals surface area (Å²) in [7, 11) is 0. The van der Waals surface area contributed by atoms with Crippen molar-refractivity contribution in [1.29, 1.82) is 0 Å². The van der Waals surface area contributed by atoms with Gasteiger partial charge in [-0.2, -0.15) is 24.9 Å². The van der Waals surface area contributed by atoms with Gasteiger partial charge in [0.2, 0.25) is 5.91 Å². The molecule has 0 aromatic heterocycles. The van der Waals surface area contributed by atoms with Gasteiger partial charge in [0.05, 0.1) is 12.0 Å². The summed E-state index contributed by atoms with van der Waals surface area (Å²) in [5.74, 6) is 0.418. The molecule has 1 unspecified atom stereocenters. The Morgan fingerprint density at radius 1 is 1.33 bits per heavy atom. The lowest BCUT2D eigenvalue weighted by atomic mass is 10.1. The van der Waals surface area contributed by atoms with Gasteiger partial charge in [0, 0.05) is 18.4 Å². The standard InChI is InChI=1S/C14H18F3NO2S/c1-21-9-12(6-7-19)18-13(20)8-10-2-4-11(5-3-10)14(15,16)17/h2-5,12,19H,6-9H2,1H3,(H,18,20). The molecule has 0 aliphatic carbocycles. The number of carbonyl (C=O) groups excluding carboxylic acids is 1. The molecule has 21 heavy (non-hydrogen) atoms. The molecule has 1 amide bonds. The Morgan fingerprint density at radius 3 is 2.43 bits per heavy atom. The summed E-state index contributed by atoms with van der Waals surface area (Å²) in [6, 6.07) is 4.41. The van der Waals surface area contributed by atoms with Gasteiger partial charge >= 0.3 is 6.18 Å². The summed E-state index contributed by atoms with van der Waals surface area (Å²) in [5.41, 5.74) is -0.209. The first-order valence-electron chi connectivity index (χ1n) is 6.42. The number of halogens is 3. The van der Waals surface area contributed by atoms with E-state index in [1.54, 1.807) is 11.8 Å². The monoisotopic (exact) mass is 321 g/mol. The molecule has 1 rings (SSSR count). The Bertz CT molecular complexity index is 443. The van der Waals surface area contributed by atoms with Gasteiger partial charge in [-0.15, -0.1) is 0 Å². The lowest BCUT2D eigenvalue weighted by molar-refractivity contribution is -0.137. The zero-order chi connectivity index (χ0) is 15.9. The van der Waals surface area contributed by atoms with Crippen molar-refractivity contribution in [2.75, 3.05) is 18.6 Å². The number of alkyl halides is 3. The molecule has 0 fully saturated rings. The van der Waals surface area contributed by atoms with Crippen LogP contribution in [0.25, 0.3) is 0 Å². The molecule has 1 aromatic carbocycles. The van der Waals surface area contributed by atoms with E-state index in [1.165, 1.54) is 12.1 Å². The smallest absolute Gasteiger partial charge is 0.396 e. The molecule has 0 saturated carbocycles. The number of carbonyl (C=O) groups is 1. The van der Waals surface area contributed by atoms with Crippen molar-refractivity contribution in [2.24, 2.45) is 0 Å². The third-order valence-electron chi connectivity index (χ3n) is 2.86. The summed E-state index contributed by atoms with van der Waals surface area (Å²) in [6.45, 7) is -0.0220. The average molecular weight is 321 g/mol. The van der Waals surface area contributed by atoms with E-state index in [0.29, 0.717) is 17.7 Å². The summed E-state index contributed by atoms with van der Waals surface area (Å²) in [6.07, 6.45) is -1.99. The molecule has 1 atom stereocenters. The number of amides is 1. The number of nitrogens with one attached hydrogen (secondary N) is 1. The molecular formula is C14H18F3NO2S. The van der Waals surface area contributed by atoms with Crippen LogP contribution in [0, 0.1) is 0 Å². The zero-order valence-electron chi connectivity index (χ0n) is 11.6. The molecular weight excluding hydrogens is 303 g/mol. The fourth-order valence-corrected chi connectivity index (χ4v) is 2.48. The first-order chi connectivity index (χ1) is 9.86. The molecule has 2 N–H and O–H groups in total. The van der Waals surface area contributed by atoms with Gasteiger partial charge in [-0.25, -0.2) is 0 Å². The van der Waals surface area contributed by atoms with E-state index in [-0.39, 0.29) is 25.0 Å². The number of aliphatic hydroxyl groups is 1. The van der Waals surface area contributed by atoms with Crippen LogP contribution in [0.3, 0.4) is 0 Å². The van der Waals surface area contributed by atoms with Crippen LogP contribution >= 0.6 is 11.8 Å². The highest BCUT2D eigenvalue weighted by Gasteiger charge is 2.29. The Morgan fingerprint density at radius 2 is 1.95 bits per heavy atom. The molecule has 7 heteroatoms. The number of hydrogen-bond acceptors (Lipinski definition) is 3.